The first-order valence-corrected chi connectivity index (χ1v) is 10.8. The van der Waals surface area contributed by atoms with Crippen LogP contribution in [0.2, 0.25) is 5.54 Å². The molecule has 0 bridgehead atoms. The molecule has 0 atom stereocenters. The van der Waals surface area contributed by atoms with Gasteiger partial charge in [0.2, 0.25) is 0 Å². The molecule has 0 unspecified atom stereocenters. The van der Waals surface area contributed by atoms with E-state index in [-0.39, 0.29) is 0 Å². The van der Waals surface area contributed by atoms with Gasteiger partial charge in [0.1, 0.15) is 0 Å². The zero-order chi connectivity index (χ0) is 16.1. The number of nitrogens with zero attached hydrogens (tertiary/aromatic N) is 1. The number of rotatable bonds is 14. The van der Waals surface area contributed by atoms with Gasteiger partial charge in [-0.15, -0.1) is 0 Å². The highest BCUT2D eigenvalue weighted by Crippen LogP contribution is 2.27. The summed E-state index contributed by atoms with van der Waals surface area (Å²) < 4.78 is 14.5. The van der Waals surface area contributed by atoms with Gasteiger partial charge in [-0.05, 0) is 25.9 Å². The molecule has 0 aliphatic heterocycles. The highest BCUT2D eigenvalue weighted by molar-refractivity contribution is 6.65. The van der Waals surface area contributed by atoms with Crippen molar-refractivity contribution in [2.24, 2.45) is 0 Å². The van der Waals surface area contributed by atoms with Crippen LogP contribution in [0.25, 0.3) is 0 Å². The van der Waals surface area contributed by atoms with Gasteiger partial charge in [0.25, 0.3) is 0 Å². The highest BCUT2D eigenvalue weighted by atomic mass is 28.4. The Morgan fingerprint density at radius 3 is 1.48 bits per heavy atom. The minimum absolute atomic E-state index is 0.449. The molecule has 128 valence electrons. The third kappa shape index (κ3) is 7.27. The number of hydrogen-bond acceptors (Lipinski definition) is 3. The highest BCUT2D eigenvalue weighted by Gasteiger charge is 2.46. The van der Waals surface area contributed by atoms with Crippen LogP contribution in [0.15, 0.2) is 0 Å². The molecule has 21 heavy (non-hydrogen) atoms. The Kier molecular flexibility index (Phi) is 12.7. The van der Waals surface area contributed by atoms with Crippen LogP contribution in [0.1, 0.15) is 79.1 Å². The molecule has 0 spiro atoms. The van der Waals surface area contributed by atoms with E-state index in [9.17, 15) is 0 Å². The normalized spacial score (nSPS) is 12.6. The Morgan fingerprint density at radius 1 is 0.762 bits per heavy atom. The first kappa shape index (κ1) is 21.1. The molecule has 0 aromatic heterocycles. The molecule has 3 nitrogen and oxygen atoms in total. The van der Waals surface area contributed by atoms with Crippen molar-refractivity contribution in [3.05, 3.63) is 0 Å². The standard InChI is InChI=1S/C17H39NO2Si/c1-7-9-11-13-15-18(16-14-12-10-8-2)21(19-5,20-6)17(3)4/h17H,7-16H2,1-6H3. The molecule has 0 saturated carbocycles. The molecule has 0 aromatic rings. The summed E-state index contributed by atoms with van der Waals surface area (Å²) in [6.07, 6.45) is 10.4. The van der Waals surface area contributed by atoms with Crippen molar-refractivity contribution in [3.63, 3.8) is 0 Å². The average molecular weight is 318 g/mol. The molecule has 0 aliphatic carbocycles. The minimum Gasteiger partial charge on any atom is -0.386 e. The van der Waals surface area contributed by atoms with Crippen molar-refractivity contribution in [1.29, 1.82) is 0 Å². The topological polar surface area (TPSA) is 21.7 Å². The maximum atomic E-state index is 5.97. The lowest BCUT2D eigenvalue weighted by molar-refractivity contribution is 0.149. The van der Waals surface area contributed by atoms with Crippen LogP contribution in [0.4, 0.5) is 0 Å². The molecule has 0 radical (unpaired) electrons. The quantitative estimate of drug-likeness (QED) is 0.329. The summed E-state index contributed by atoms with van der Waals surface area (Å²) in [5, 5.41) is 0. The summed E-state index contributed by atoms with van der Waals surface area (Å²) in [4.78, 5) is 0. The molecular weight excluding hydrogens is 278 g/mol. The fourth-order valence-corrected chi connectivity index (χ4v) is 6.36. The van der Waals surface area contributed by atoms with Gasteiger partial charge in [-0.3, -0.25) is 4.57 Å². The van der Waals surface area contributed by atoms with E-state index < -0.39 is 8.72 Å². The van der Waals surface area contributed by atoms with Gasteiger partial charge in [0, 0.05) is 19.8 Å². The lowest BCUT2D eigenvalue weighted by Crippen LogP contribution is -2.60. The minimum atomic E-state index is -2.24. The van der Waals surface area contributed by atoms with Crippen molar-refractivity contribution in [1.82, 2.24) is 4.57 Å². The van der Waals surface area contributed by atoms with Crippen LogP contribution in [-0.4, -0.2) is 40.6 Å². The van der Waals surface area contributed by atoms with E-state index in [1.807, 2.05) is 14.2 Å². The van der Waals surface area contributed by atoms with E-state index in [0.29, 0.717) is 5.54 Å². The second-order valence-corrected chi connectivity index (χ2v) is 10.2. The van der Waals surface area contributed by atoms with E-state index in [0.717, 1.165) is 13.1 Å². The zero-order valence-corrected chi connectivity index (χ0v) is 16.4. The summed E-state index contributed by atoms with van der Waals surface area (Å²) in [7, 11) is 1.43. The van der Waals surface area contributed by atoms with E-state index in [1.54, 1.807) is 0 Å². The van der Waals surface area contributed by atoms with Gasteiger partial charge in [-0.25, -0.2) is 0 Å². The van der Waals surface area contributed by atoms with E-state index in [2.05, 4.69) is 32.3 Å². The SMILES string of the molecule is CCCCCCN(CCCCCC)[Si](OC)(OC)C(C)C. The molecule has 0 amide bonds. The summed E-state index contributed by atoms with van der Waals surface area (Å²) >= 11 is 0. The second kappa shape index (κ2) is 12.6. The molecule has 0 N–H and O–H groups in total. The summed E-state index contributed by atoms with van der Waals surface area (Å²) in [6, 6.07) is 0. The Balaban J connectivity index is 4.64. The summed E-state index contributed by atoms with van der Waals surface area (Å²) in [5.74, 6) is 0. The second-order valence-electron chi connectivity index (χ2n) is 6.30. The smallest absolute Gasteiger partial charge is 0.386 e. The monoisotopic (exact) mass is 317 g/mol. The lowest BCUT2D eigenvalue weighted by atomic mass is 10.2. The molecule has 0 saturated heterocycles. The van der Waals surface area contributed by atoms with Crippen molar-refractivity contribution in [3.8, 4) is 0 Å². The van der Waals surface area contributed by atoms with Gasteiger partial charge < -0.3 is 8.85 Å². The molecule has 0 fully saturated rings. The molecule has 0 aliphatic rings. The Bertz CT molecular complexity index is 221. The van der Waals surface area contributed by atoms with Crippen molar-refractivity contribution < 1.29 is 8.85 Å². The van der Waals surface area contributed by atoms with Gasteiger partial charge in [0.15, 0.2) is 0 Å². The Labute approximate surface area is 134 Å². The predicted octanol–water partition coefficient (Wildman–Crippen LogP) is 5.09. The maximum absolute atomic E-state index is 5.97. The van der Waals surface area contributed by atoms with Crippen molar-refractivity contribution in [2.45, 2.75) is 84.6 Å². The maximum Gasteiger partial charge on any atom is 0.429 e. The molecule has 4 heteroatoms. The van der Waals surface area contributed by atoms with Crippen LogP contribution in [0.3, 0.4) is 0 Å². The Morgan fingerprint density at radius 2 is 1.19 bits per heavy atom. The first-order chi connectivity index (χ1) is 10.1. The van der Waals surface area contributed by atoms with Crippen LogP contribution in [0.5, 0.6) is 0 Å². The molecule has 0 rings (SSSR count). The van der Waals surface area contributed by atoms with Crippen molar-refractivity contribution >= 4 is 8.72 Å². The average Bonchev–Trinajstić information content (AvgIpc) is 2.48. The number of hydrogen-bond donors (Lipinski definition) is 0. The Hall–Kier alpha value is 0.0969. The van der Waals surface area contributed by atoms with Crippen LogP contribution in [-0.2, 0) is 8.85 Å². The zero-order valence-electron chi connectivity index (χ0n) is 15.4. The molecular formula is C17H39NO2Si. The van der Waals surface area contributed by atoms with E-state index in [1.165, 1.54) is 51.4 Å². The fraction of sp³-hybridized carbons (Fsp3) is 1.00. The fourth-order valence-electron chi connectivity index (χ4n) is 3.06. The molecule has 0 heterocycles. The van der Waals surface area contributed by atoms with Gasteiger partial charge in [0.05, 0.1) is 0 Å². The third-order valence-electron chi connectivity index (χ3n) is 4.32. The first-order valence-electron chi connectivity index (χ1n) is 8.94. The number of unbranched alkanes of at least 4 members (excludes halogenated alkanes) is 6. The van der Waals surface area contributed by atoms with E-state index in [4.69, 9.17) is 8.85 Å². The summed E-state index contributed by atoms with van der Waals surface area (Å²) in [5.41, 5.74) is 0.449. The van der Waals surface area contributed by atoms with Crippen molar-refractivity contribution in [2.75, 3.05) is 27.3 Å². The largest absolute Gasteiger partial charge is 0.429 e. The van der Waals surface area contributed by atoms with E-state index >= 15 is 0 Å². The van der Waals surface area contributed by atoms with Crippen LogP contribution in [0, 0.1) is 0 Å². The predicted molar refractivity (Wildman–Crippen MR) is 94.7 cm³/mol. The summed E-state index contributed by atoms with van der Waals surface area (Å²) in [6.45, 7) is 11.3. The lowest BCUT2D eigenvalue weighted by Gasteiger charge is -2.41. The molecule has 0 aromatic carbocycles. The van der Waals surface area contributed by atoms with Gasteiger partial charge in [-0.1, -0.05) is 66.2 Å². The van der Waals surface area contributed by atoms with Gasteiger partial charge in [-0.2, -0.15) is 0 Å². The van der Waals surface area contributed by atoms with Crippen LogP contribution < -0.4 is 0 Å². The van der Waals surface area contributed by atoms with Gasteiger partial charge >= 0.3 is 8.72 Å². The third-order valence-corrected chi connectivity index (χ3v) is 8.28. The van der Waals surface area contributed by atoms with Crippen LogP contribution >= 0.6 is 0 Å².